The van der Waals surface area contributed by atoms with Crippen LogP contribution in [0.1, 0.15) is 25.3 Å². The Morgan fingerprint density at radius 3 is 2.50 bits per heavy atom. The highest BCUT2D eigenvalue weighted by Gasteiger charge is 2.38. The quantitative estimate of drug-likeness (QED) is 0.667. The second-order valence-electron chi connectivity index (χ2n) is 4.04. The SMILES string of the molecule is C[C@@](O)(C#Cc1ccccc1)C1CC1. The average Bonchev–Trinajstić information content (AvgIpc) is 3.00. The molecule has 0 aliphatic heterocycles. The fraction of sp³-hybridized carbons (Fsp3) is 0.385. The molecule has 0 unspecified atom stereocenters. The van der Waals surface area contributed by atoms with E-state index in [9.17, 15) is 5.11 Å². The van der Waals surface area contributed by atoms with E-state index in [1.54, 1.807) is 6.92 Å². The number of benzene rings is 1. The summed E-state index contributed by atoms with van der Waals surface area (Å²) in [6.45, 7) is 1.81. The van der Waals surface area contributed by atoms with Gasteiger partial charge in [0, 0.05) is 5.56 Å². The van der Waals surface area contributed by atoms with Gasteiger partial charge in [-0.3, -0.25) is 0 Å². The Morgan fingerprint density at radius 2 is 1.93 bits per heavy atom. The van der Waals surface area contributed by atoms with E-state index in [-0.39, 0.29) is 0 Å². The largest absolute Gasteiger partial charge is 0.378 e. The topological polar surface area (TPSA) is 20.2 Å². The van der Waals surface area contributed by atoms with Gasteiger partial charge < -0.3 is 5.11 Å². The highest BCUT2D eigenvalue weighted by atomic mass is 16.3. The van der Waals surface area contributed by atoms with Gasteiger partial charge in [0.15, 0.2) is 0 Å². The van der Waals surface area contributed by atoms with E-state index >= 15 is 0 Å². The molecule has 0 spiro atoms. The van der Waals surface area contributed by atoms with Crippen LogP contribution in [-0.2, 0) is 0 Å². The molecule has 0 amide bonds. The molecule has 2 rings (SSSR count). The van der Waals surface area contributed by atoms with Gasteiger partial charge in [-0.05, 0) is 37.8 Å². The van der Waals surface area contributed by atoms with Crippen LogP contribution in [0.25, 0.3) is 0 Å². The first-order valence-corrected chi connectivity index (χ1v) is 4.99. The Labute approximate surface area is 84.8 Å². The number of hydrogen-bond donors (Lipinski definition) is 1. The van der Waals surface area contributed by atoms with Gasteiger partial charge in [0.2, 0.25) is 0 Å². The Bertz CT molecular complexity index is 363. The highest BCUT2D eigenvalue weighted by molar-refractivity contribution is 5.36. The zero-order chi connectivity index (χ0) is 10.0. The van der Waals surface area contributed by atoms with Crippen molar-refractivity contribution in [1.82, 2.24) is 0 Å². The molecule has 1 fully saturated rings. The first-order valence-electron chi connectivity index (χ1n) is 4.99. The van der Waals surface area contributed by atoms with Crippen LogP contribution in [0.4, 0.5) is 0 Å². The van der Waals surface area contributed by atoms with E-state index in [0.717, 1.165) is 18.4 Å². The van der Waals surface area contributed by atoms with Crippen LogP contribution >= 0.6 is 0 Å². The van der Waals surface area contributed by atoms with Crippen molar-refractivity contribution >= 4 is 0 Å². The monoisotopic (exact) mass is 186 g/mol. The first kappa shape index (κ1) is 9.30. The van der Waals surface area contributed by atoms with Crippen LogP contribution in [0.2, 0.25) is 0 Å². The maximum atomic E-state index is 9.94. The smallest absolute Gasteiger partial charge is 0.125 e. The van der Waals surface area contributed by atoms with Gasteiger partial charge in [0.1, 0.15) is 5.60 Å². The summed E-state index contributed by atoms with van der Waals surface area (Å²) in [4.78, 5) is 0. The summed E-state index contributed by atoms with van der Waals surface area (Å²) < 4.78 is 0. The van der Waals surface area contributed by atoms with Gasteiger partial charge in [-0.2, -0.15) is 0 Å². The van der Waals surface area contributed by atoms with Crippen LogP contribution in [-0.4, -0.2) is 10.7 Å². The molecule has 1 N–H and O–H groups in total. The van der Waals surface area contributed by atoms with Crippen molar-refractivity contribution in [2.45, 2.75) is 25.4 Å². The molecule has 0 radical (unpaired) electrons. The third kappa shape index (κ3) is 2.16. The Balaban J connectivity index is 2.13. The molecule has 1 atom stereocenters. The van der Waals surface area contributed by atoms with Crippen LogP contribution in [0.15, 0.2) is 30.3 Å². The van der Waals surface area contributed by atoms with Crippen molar-refractivity contribution in [2.24, 2.45) is 5.92 Å². The number of aliphatic hydroxyl groups is 1. The Kier molecular flexibility index (Phi) is 2.31. The zero-order valence-corrected chi connectivity index (χ0v) is 8.33. The number of rotatable bonds is 1. The van der Waals surface area contributed by atoms with Gasteiger partial charge in [-0.25, -0.2) is 0 Å². The van der Waals surface area contributed by atoms with Crippen molar-refractivity contribution in [1.29, 1.82) is 0 Å². The molecule has 0 aromatic heterocycles. The van der Waals surface area contributed by atoms with Gasteiger partial charge in [-0.1, -0.05) is 30.0 Å². The van der Waals surface area contributed by atoms with E-state index in [1.165, 1.54) is 0 Å². The van der Waals surface area contributed by atoms with Crippen LogP contribution < -0.4 is 0 Å². The van der Waals surface area contributed by atoms with Gasteiger partial charge in [0.05, 0.1) is 0 Å². The van der Waals surface area contributed by atoms with Gasteiger partial charge in [-0.15, -0.1) is 0 Å². The summed E-state index contributed by atoms with van der Waals surface area (Å²) in [6, 6.07) is 9.78. The van der Waals surface area contributed by atoms with Crippen molar-refractivity contribution in [3.8, 4) is 11.8 Å². The van der Waals surface area contributed by atoms with Crippen molar-refractivity contribution in [2.75, 3.05) is 0 Å². The normalized spacial score (nSPS) is 19.3. The third-order valence-corrected chi connectivity index (χ3v) is 2.61. The molecular weight excluding hydrogens is 172 g/mol. The predicted octanol–water partition coefficient (Wildman–Crippen LogP) is 2.20. The minimum atomic E-state index is -0.796. The van der Waals surface area contributed by atoms with E-state index in [1.807, 2.05) is 30.3 Å². The summed E-state index contributed by atoms with van der Waals surface area (Å²) in [5, 5.41) is 9.94. The minimum absolute atomic E-state index is 0.388. The van der Waals surface area contributed by atoms with E-state index < -0.39 is 5.60 Å². The predicted molar refractivity (Wildman–Crippen MR) is 56.7 cm³/mol. The second-order valence-corrected chi connectivity index (χ2v) is 4.04. The number of hydrogen-bond acceptors (Lipinski definition) is 1. The summed E-state index contributed by atoms with van der Waals surface area (Å²) in [5.41, 5.74) is 0.170. The second kappa shape index (κ2) is 3.48. The lowest BCUT2D eigenvalue weighted by atomic mass is 10.0. The van der Waals surface area contributed by atoms with E-state index in [2.05, 4.69) is 11.8 Å². The maximum absolute atomic E-state index is 9.94. The summed E-state index contributed by atoms with van der Waals surface area (Å²) in [7, 11) is 0. The molecule has 1 aromatic rings. The minimum Gasteiger partial charge on any atom is -0.378 e. The molecule has 1 aromatic carbocycles. The molecule has 1 nitrogen and oxygen atoms in total. The van der Waals surface area contributed by atoms with E-state index in [0.29, 0.717) is 5.92 Å². The molecule has 72 valence electrons. The molecule has 1 aliphatic carbocycles. The molecule has 0 bridgehead atoms. The average molecular weight is 186 g/mol. The van der Waals surface area contributed by atoms with Crippen molar-refractivity contribution < 1.29 is 5.11 Å². The lowest BCUT2D eigenvalue weighted by molar-refractivity contribution is 0.0980. The van der Waals surface area contributed by atoms with Crippen LogP contribution in [0.5, 0.6) is 0 Å². The molecule has 0 heterocycles. The Hall–Kier alpha value is -1.26. The summed E-state index contributed by atoms with van der Waals surface area (Å²) in [5.74, 6) is 6.34. The third-order valence-electron chi connectivity index (χ3n) is 2.61. The molecule has 14 heavy (non-hydrogen) atoms. The zero-order valence-electron chi connectivity index (χ0n) is 8.33. The lowest BCUT2D eigenvalue weighted by Gasteiger charge is -2.14. The molecule has 0 saturated heterocycles. The fourth-order valence-corrected chi connectivity index (χ4v) is 1.47. The highest BCUT2D eigenvalue weighted by Crippen LogP contribution is 2.38. The molecular formula is C13H14O. The van der Waals surface area contributed by atoms with E-state index in [4.69, 9.17) is 0 Å². The van der Waals surface area contributed by atoms with Crippen LogP contribution in [0.3, 0.4) is 0 Å². The fourth-order valence-electron chi connectivity index (χ4n) is 1.47. The lowest BCUT2D eigenvalue weighted by Crippen LogP contribution is -2.24. The first-order chi connectivity index (χ1) is 6.68. The molecule has 1 saturated carbocycles. The molecule has 1 heteroatoms. The van der Waals surface area contributed by atoms with Gasteiger partial charge in [0.25, 0.3) is 0 Å². The standard InChI is InChI=1S/C13H14O/c1-13(14,12-7-8-12)10-9-11-5-3-2-4-6-11/h2-6,12,14H,7-8H2,1H3/t13-/m1/s1. The Morgan fingerprint density at radius 1 is 1.29 bits per heavy atom. The van der Waals surface area contributed by atoms with Gasteiger partial charge >= 0.3 is 0 Å². The molecule has 1 aliphatic rings. The maximum Gasteiger partial charge on any atom is 0.125 e. The summed E-state index contributed by atoms with van der Waals surface area (Å²) >= 11 is 0. The van der Waals surface area contributed by atoms with Crippen LogP contribution in [0, 0.1) is 17.8 Å². The van der Waals surface area contributed by atoms with Crippen molar-refractivity contribution in [3.05, 3.63) is 35.9 Å². The van der Waals surface area contributed by atoms with Crippen molar-refractivity contribution in [3.63, 3.8) is 0 Å². The summed E-state index contributed by atoms with van der Waals surface area (Å²) in [6.07, 6.45) is 2.22.